The number of aryl methyl sites for hydroxylation is 1. The van der Waals surface area contributed by atoms with Gasteiger partial charge in [0.15, 0.2) is 0 Å². The fourth-order valence-corrected chi connectivity index (χ4v) is 2.22. The molecule has 1 unspecified atom stereocenters. The van der Waals surface area contributed by atoms with Crippen molar-refractivity contribution in [2.24, 2.45) is 0 Å². The van der Waals surface area contributed by atoms with Gasteiger partial charge in [-0.25, -0.2) is 0 Å². The number of rotatable bonds is 5. The third-order valence-corrected chi connectivity index (χ3v) is 2.97. The monoisotopic (exact) mass is 314 g/mol. The highest BCUT2D eigenvalue weighted by atomic mass is 79.9. The number of carbonyl (C=O) groups is 1. The summed E-state index contributed by atoms with van der Waals surface area (Å²) in [5.41, 5.74) is 0.768. The minimum atomic E-state index is -0.538. The Balaban J connectivity index is 2.97. The van der Waals surface area contributed by atoms with Crippen LogP contribution in [0.15, 0.2) is 18.2 Å². The maximum Gasteiger partial charge on any atom is 0.282 e. The molecule has 0 aliphatic carbocycles. The van der Waals surface area contributed by atoms with E-state index in [1.165, 1.54) is 12.1 Å². The molecule has 0 saturated heterocycles. The lowest BCUT2D eigenvalue weighted by atomic mass is 10.1. The van der Waals surface area contributed by atoms with E-state index >= 15 is 0 Å². The molecule has 0 spiro atoms. The number of halogens is 1. The topological polar surface area (TPSA) is 72.2 Å². The number of hydrogen-bond acceptors (Lipinski definition) is 3. The van der Waals surface area contributed by atoms with Crippen LogP contribution in [0.4, 0.5) is 5.69 Å². The van der Waals surface area contributed by atoms with E-state index in [2.05, 4.69) is 21.2 Å². The number of carbonyl (C=O) groups excluding carboxylic acids is 1. The first-order valence-corrected chi connectivity index (χ1v) is 6.69. The number of nitrogens with one attached hydrogen (secondary N) is 1. The van der Waals surface area contributed by atoms with Gasteiger partial charge in [0.2, 0.25) is 0 Å². The van der Waals surface area contributed by atoms with Crippen LogP contribution in [0, 0.1) is 17.0 Å². The van der Waals surface area contributed by atoms with Gasteiger partial charge in [-0.2, -0.15) is 0 Å². The molecule has 1 N–H and O–H groups in total. The molecular formula is C12H15BrN2O3. The second kappa shape index (κ2) is 6.49. The van der Waals surface area contributed by atoms with Crippen LogP contribution in [0.25, 0.3) is 0 Å². The Hall–Kier alpha value is -1.43. The number of nitrogens with zero attached hydrogens (tertiary/aromatic N) is 1. The van der Waals surface area contributed by atoms with Crippen molar-refractivity contribution >= 4 is 27.5 Å². The van der Waals surface area contributed by atoms with Crippen molar-refractivity contribution in [2.75, 3.05) is 5.33 Å². The number of hydrogen-bond donors (Lipinski definition) is 1. The molecule has 1 rings (SSSR count). The van der Waals surface area contributed by atoms with Gasteiger partial charge in [-0.3, -0.25) is 14.9 Å². The van der Waals surface area contributed by atoms with Crippen LogP contribution in [0.3, 0.4) is 0 Å². The largest absolute Gasteiger partial charge is 0.349 e. The van der Waals surface area contributed by atoms with E-state index in [9.17, 15) is 14.9 Å². The van der Waals surface area contributed by atoms with Gasteiger partial charge in [0, 0.05) is 17.4 Å². The summed E-state index contributed by atoms with van der Waals surface area (Å²) in [6, 6.07) is 4.49. The van der Waals surface area contributed by atoms with Gasteiger partial charge < -0.3 is 5.32 Å². The fraction of sp³-hybridized carbons (Fsp3) is 0.417. The molecule has 0 radical (unpaired) electrons. The zero-order valence-corrected chi connectivity index (χ0v) is 11.9. The quantitative estimate of drug-likeness (QED) is 0.516. The number of amides is 1. The van der Waals surface area contributed by atoms with Crippen molar-refractivity contribution in [3.8, 4) is 0 Å². The minimum absolute atomic E-state index is 0.0306. The van der Waals surface area contributed by atoms with Crippen molar-refractivity contribution in [1.82, 2.24) is 5.32 Å². The second-order valence-corrected chi connectivity index (χ2v) is 4.92. The van der Waals surface area contributed by atoms with E-state index in [-0.39, 0.29) is 17.3 Å². The van der Waals surface area contributed by atoms with Gasteiger partial charge in [0.05, 0.1) is 4.92 Å². The first kappa shape index (κ1) is 14.6. The molecule has 1 atom stereocenters. The van der Waals surface area contributed by atoms with Crippen molar-refractivity contribution in [1.29, 1.82) is 0 Å². The summed E-state index contributed by atoms with van der Waals surface area (Å²) in [5, 5.41) is 14.4. The van der Waals surface area contributed by atoms with Crippen LogP contribution < -0.4 is 5.32 Å². The molecule has 0 aliphatic rings. The van der Waals surface area contributed by atoms with E-state index in [0.29, 0.717) is 0 Å². The highest BCUT2D eigenvalue weighted by Gasteiger charge is 2.20. The average molecular weight is 315 g/mol. The van der Waals surface area contributed by atoms with Crippen molar-refractivity contribution in [3.63, 3.8) is 0 Å². The first-order valence-electron chi connectivity index (χ1n) is 5.57. The number of benzene rings is 1. The SMILES string of the molecule is Cc1ccc([N+](=O)[O-])c(C(=O)NC(C)CCBr)c1. The Labute approximate surface area is 114 Å². The Morgan fingerprint density at radius 1 is 1.56 bits per heavy atom. The van der Waals surface area contributed by atoms with Crippen molar-refractivity contribution in [2.45, 2.75) is 26.3 Å². The molecule has 1 aromatic carbocycles. The number of nitro benzene ring substituents is 1. The molecule has 0 bridgehead atoms. The summed E-state index contributed by atoms with van der Waals surface area (Å²) in [5.74, 6) is -0.404. The average Bonchev–Trinajstić information content (AvgIpc) is 2.28. The molecule has 6 heteroatoms. The zero-order valence-electron chi connectivity index (χ0n) is 10.3. The highest BCUT2D eigenvalue weighted by Crippen LogP contribution is 2.19. The third-order valence-electron chi connectivity index (χ3n) is 2.51. The van der Waals surface area contributed by atoms with E-state index in [1.807, 2.05) is 6.92 Å². The Bertz CT molecular complexity index is 463. The van der Waals surface area contributed by atoms with Crippen LogP contribution in [-0.2, 0) is 0 Å². The number of alkyl halides is 1. The van der Waals surface area contributed by atoms with Gasteiger partial charge >= 0.3 is 0 Å². The van der Waals surface area contributed by atoms with Crippen LogP contribution in [0.5, 0.6) is 0 Å². The summed E-state index contributed by atoms with van der Waals surface area (Å²) in [7, 11) is 0. The van der Waals surface area contributed by atoms with Crippen LogP contribution in [0.2, 0.25) is 0 Å². The summed E-state index contributed by atoms with van der Waals surface area (Å²) < 4.78 is 0. The summed E-state index contributed by atoms with van der Waals surface area (Å²) in [6.45, 7) is 3.66. The predicted molar refractivity (Wildman–Crippen MR) is 73.2 cm³/mol. The van der Waals surface area contributed by atoms with E-state index in [1.54, 1.807) is 13.0 Å². The molecule has 1 amide bonds. The molecule has 0 saturated carbocycles. The van der Waals surface area contributed by atoms with E-state index in [4.69, 9.17) is 0 Å². The predicted octanol–water partition coefficient (Wildman–Crippen LogP) is 2.81. The van der Waals surface area contributed by atoms with Crippen LogP contribution in [0.1, 0.15) is 29.3 Å². The van der Waals surface area contributed by atoms with Crippen LogP contribution in [-0.4, -0.2) is 22.2 Å². The fourth-order valence-electron chi connectivity index (χ4n) is 1.53. The molecule has 98 valence electrons. The lowest BCUT2D eigenvalue weighted by Crippen LogP contribution is -2.33. The van der Waals surface area contributed by atoms with E-state index < -0.39 is 10.8 Å². The lowest BCUT2D eigenvalue weighted by Gasteiger charge is -2.12. The Kier molecular flexibility index (Phi) is 5.27. The van der Waals surface area contributed by atoms with Crippen LogP contribution >= 0.6 is 15.9 Å². The Morgan fingerprint density at radius 2 is 2.22 bits per heavy atom. The van der Waals surface area contributed by atoms with Gasteiger partial charge in [-0.1, -0.05) is 22.0 Å². The molecule has 0 fully saturated rings. The molecule has 18 heavy (non-hydrogen) atoms. The normalized spacial score (nSPS) is 11.9. The molecule has 5 nitrogen and oxygen atoms in total. The third kappa shape index (κ3) is 3.80. The molecule has 1 aromatic rings. The zero-order chi connectivity index (χ0) is 13.7. The Morgan fingerprint density at radius 3 is 2.78 bits per heavy atom. The maximum absolute atomic E-state index is 12.0. The van der Waals surface area contributed by atoms with Gasteiger partial charge in [0.1, 0.15) is 5.56 Å². The highest BCUT2D eigenvalue weighted by molar-refractivity contribution is 9.09. The van der Waals surface area contributed by atoms with Gasteiger partial charge in [-0.05, 0) is 31.9 Å². The minimum Gasteiger partial charge on any atom is -0.349 e. The second-order valence-electron chi connectivity index (χ2n) is 4.13. The smallest absolute Gasteiger partial charge is 0.282 e. The molecule has 0 aliphatic heterocycles. The first-order chi connectivity index (χ1) is 8.45. The maximum atomic E-state index is 12.0. The lowest BCUT2D eigenvalue weighted by molar-refractivity contribution is -0.385. The summed E-state index contributed by atoms with van der Waals surface area (Å²) >= 11 is 3.29. The standard InChI is InChI=1S/C12H15BrN2O3/c1-8-3-4-11(15(17)18)10(7-8)12(16)14-9(2)5-6-13/h3-4,7,9H,5-6H2,1-2H3,(H,14,16). The van der Waals surface area contributed by atoms with Gasteiger partial charge in [0.25, 0.3) is 11.6 Å². The van der Waals surface area contributed by atoms with E-state index in [0.717, 1.165) is 17.3 Å². The molecular weight excluding hydrogens is 300 g/mol. The van der Waals surface area contributed by atoms with Crippen molar-refractivity contribution in [3.05, 3.63) is 39.4 Å². The summed E-state index contributed by atoms with van der Waals surface area (Å²) in [4.78, 5) is 22.3. The molecule has 0 aromatic heterocycles. The van der Waals surface area contributed by atoms with Crippen molar-refractivity contribution < 1.29 is 9.72 Å². The number of nitro groups is 1. The molecule has 0 heterocycles. The van der Waals surface area contributed by atoms with Gasteiger partial charge in [-0.15, -0.1) is 0 Å². The summed E-state index contributed by atoms with van der Waals surface area (Å²) in [6.07, 6.45) is 0.769.